The van der Waals surface area contributed by atoms with Crippen molar-refractivity contribution >= 4 is 23.8 Å². The molecule has 0 unspecified atom stereocenters. The second-order valence-electron chi connectivity index (χ2n) is 12.8. The Bertz CT molecular complexity index is 1440. The van der Waals surface area contributed by atoms with Gasteiger partial charge in [0.25, 0.3) is 6.43 Å². The van der Waals surface area contributed by atoms with Gasteiger partial charge in [-0.15, -0.1) is 0 Å². The number of carbonyl (C=O) groups is 4. The third-order valence-electron chi connectivity index (χ3n) is 8.74. The van der Waals surface area contributed by atoms with Crippen LogP contribution in [0.1, 0.15) is 115 Å². The Morgan fingerprint density at radius 3 is 2.04 bits per heavy atom. The van der Waals surface area contributed by atoms with E-state index in [-0.39, 0.29) is 17.7 Å². The molecule has 0 saturated carbocycles. The Hall–Kier alpha value is -4.54. The van der Waals surface area contributed by atoms with Crippen molar-refractivity contribution < 1.29 is 48.0 Å². The summed E-state index contributed by atoms with van der Waals surface area (Å²) in [5.74, 6) is -7.63. The minimum atomic E-state index is -2.66. The van der Waals surface area contributed by atoms with Crippen LogP contribution < -0.4 is 10.1 Å². The Morgan fingerprint density at radius 2 is 1.47 bits per heavy atom. The highest BCUT2D eigenvalue weighted by Crippen LogP contribution is 2.27. The molecule has 0 fully saturated rings. The number of carboxylic acid groups (broad SMARTS) is 3. The molecule has 9 nitrogen and oxygen atoms in total. The van der Waals surface area contributed by atoms with Crippen LogP contribution in [0.2, 0.25) is 0 Å². The van der Waals surface area contributed by atoms with Gasteiger partial charge in [-0.2, -0.15) is 0 Å². The van der Waals surface area contributed by atoms with Gasteiger partial charge in [-0.25, -0.2) is 13.6 Å². The van der Waals surface area contributed by atoms with Crippen LogP contribution >= 0.6 is 0 Å². The van der Waals surface area contributed by atoms with Crippen LogP contribution in [0.5, 0.6) is 11.5 Å². The number of benzene rings is 2. The predicted molar refractivity (Wildman–Crippen MR) is 192 cm³/mol. The van der Waals surface area contributed by atoms with Gasteiger partial charge in [-0.3, -0.25) is 14.4 Å². The Labute approximate surface area is 299 Å². The van der Waals surface area contributed by atoms with Crippen LogP contribution in [-0.2, 0) is 25.6 Å². The topological polar surface area (TPSA) is 150 Å². The number of amides is 1. The van der Waals surface area contributed by atoms with Crippen molar-refractivity contribution in [2.24, 2.45) is 11.8 Å². The van der Waals surface area contributed by atoms with Crippen LogP contribution in [0.25, 0.3) is 0 Å². The summed E-state index contributed by atoms with van der Waals surface area (Å²) in [6, 6.07) is 10.2. The lowest BCUT2D eigenvalue weighted by Gasteiger charge is -2.22. The maximum Gasteiger partial charge on any atom is 0.326 e. The van der Waals surface area contributed by atoms with E-state index in [1.807, 2.05) is 0 Å². The summed E-state index contributed by atoms with van der Waals surface area (Å²) in [5.41, 5.74) is 1.79. The molecule has 0 spiro atoms. The molecule has 0 aromatic heterocycles. The highest BCUT2D eigenvalue weighted by atomic mass is 19.3. The highest BCUT2D eigenvalue weighted by molar-refractivity contribution is 5.91. The molecule has 0 heterocycles. The van der Waals surface area contributed by atoms with E-state index < -0.39 is 54.5 Å². The second kappa shape index (κ2) is 23.8. The molecule has 11 heteroatoms. The summed E-state index contributed by atoms with van der Waals surface area (Å²) in [6.45, 7) is 4.30. The zero-order chi connectivity index (χ0) is 37.6. The van der Waals surface area contributed by atoms with Gasteiger partial charge in [-0.05, 0) is 75.3 Å². The molecule has 1 amide bonds. The Morgan fingerprint density at radius 1 is 0.824 bits per heavy atom. The molecule has 0 aliphatic carbocycles. The number of carbonyl (C=O) groups excluding carboxylic acids is 1. The summed E-state index contributed by atoms with van der Waals surface area (Å²) in [6.07, 6.45) is 14.5. The van der Waals surface area contributed by atoms with Crippen LogP contribution in [-0.4, -0.2) is 45.2 Å². The second-order valence-corrected chi connectivity index (χ2v) is 12.8. The average Bonchev–Trinajstić information content (AvgIpc) is 3.09. The van der Waals surface area contributed by atoms with Crippen LogP contribution in [0.15, 0.2) is 72.3 Å². The minimum absolute atomic E-state index is 0.164. The van der Waals surface area contributed by atoms with Gasteiger partial charge in [-0.1, -0.05) is 93.5 Å². The molecular formula is C40H53F2NO8. The molecule has 2 rings (SSSR count). The lowest BCUT2D eigenvalue weighted by atomic mass is 9.87. The third-order valence-corrected chi connectivity index (χ3v) is 8.74. The van der Waals surface area contributed by atoms with Crippen LogP contribution in [0.4, 0.5) is 8.78 Å². The number of halogens is 2. The van der Waals surface area contributed by atoms with Crippen molar-refractivity contribution in [2.45, 2.75) is 116 Å². The first-order valence-corrected chi connectivity index (χ1v) is 17.9. The molecule has 0 aliphatic rings. The first-order chi connectivity index (χ1) is 24.4. The molecule has 2 aromatic carbocycles. The van der Waals surface area contributed by atoms with E-state index in [0.29, 0.717) is 17.7 Å². The molecule has 280 valence electrons. The number of rotatable bonds is 26. The van der Waals surface area contributed by atoms with Gasteiger partial charge < -0.3 is 25.4 Å². The van der Waals surface area contributed by atoms with Crippen molar-refractivity contribution in [1.29, 1.82) is 0 Å². The largest absolute Gasteiger partial charge is 0.481 e. The molecule has 2 aromatic rings. The van der Waals surface area contributed by atoms with E-state index in [4.69, 9.17) is 4.74 Å². The average molecular weight is 714 g/mol. The van der Waals surface area contributed by atoms with E-state index in [0.717, 1.165) is 38.5 Å². The standard InChI is InChI=1S/C40H53F2NO8/c1-3-5-6-9-12-16-28(4-2)17-13-10-7-8-11-14-20-33(34(39(47)48)27-36(44)45)38(46)43-35(40(49)50)25-29-21-23-31(24-22-29)51-32-19-15-18-30(26-32)37(41)42/h4,14-15,18-24,26,33-35,37H,3,5-13,16-17,25,27H2,1-2H3,(H,43,46)(H,44,45)(H,47,48)(H,49,50)/b20-14+,28-4?/t33-,34+,35-/m0/s1. The van der Waals surface area contributed by atoms with Gasteiger partial charge in [0.15, 0.2) is 0 Å². The quantitative estimate of drug-likeness (QED) is 0.0556. The monoisotopic (exact) mass is 713 g/mol. The summed E-state index contributed by atoms with van der Waals surface area (Å²) in [5, 5.41) is 31.4. The van der Waals surface area contributed by atoms with E-state index in [2.05, 4.69) is 25.2 Å². The van der Waals surface area contributed by atoms with Crippen molar-refractivity contribution in [1.82, 2.24) is 5.32 Å². The number of nitrogens with one attached hydrogen (secondary N) is 1. The summed E-state index contributed by atoms with van der Waals surface area (Å²) in [7, 11) is 0. The Balaban J connectivity index is 1.99. The number of carboxylic acids is 3. The summed E-state index contributed by atoms with van der Waals surface area (Å²) < 4.78 is 31.7. The predicted octanol–water partition coefficient (Wildman–Crippen LogP) is 9.52. The van der Waals surface area contributed by atoms with E-state index in [1.165, 1.54) is 80.2 Å². The highest BCUT2D eigenvalue weighted by Gasteiger charge is 2.35. The first-order valence-electron chi connectivity index (χ1n) is 17.9. The number of ether oxygens (including phenoxy) is 1. The van der Waals surface area contributed by atoms with Crippen molar-refractivity contribution in [3.05, 3.63) is 83.5 Å². The van der Waals surface area contributed by atoms with E-state index in [9.17, 15) is 43.3 Å². The molecule has 0 radical (unpaired) electrons. The lowest BCUT2D eigenvalue weighted by molar-refractivity contribution is -0.152. The summed E-state index contributed by atoms with van der Waals surface area (Å²) >= 11 is 0. The maximum absolute atomic E-state index is 13.4. The molecule has 4 N–H and O–H groups in total. The number of unbranched alkanes of at least 4 members (excludes halogenated alkanes) is 8. The van der Waals surface area contributed by atoms with E-state index in [1.54, 1.807) is 18.2 Å². The van der Waals surface area contributed by atoms with Crippen LogP contribution in [0.3, 0.4) is 0 Å². The van der Waals surface area contributed by atoms with E-state index >= 15 is 0 Å². The van der Waals surface area contributed by atoms with Crippen molar-refractivity contribution in [3.8, 4) is 11.5 Å². The fraction of sp³-hybridized carbons (Fsp3) is 0.500. The molecule has 51 heavy (non-hydrogen) atoms. The smallest absolute Gasteiger partial charge is 0.326 e. The summed E-state index contributed by atoms with van der Waals surface area (Å²) in [4.78, 5) is 49.1. The molecular weight excluding hydrogens is 660 g/mol. The van der Waals surface area contributed by atoms with Crippen LogP contribution in [0, 0.1) is 11.8 Å². The van der Waals surface area contributed by atoms with Crippen molar-refractivity contribution in [3.63, 3.8) is 0 Å². The van der Waals surface area contributed by atoms with Gasteiger partial charge in [0, 0.05) is 12.0 Å². The molecule has 3 atom stereocenters. The number of hydrogen-bond donors (Lipinski definition) is 4. The maximum atomic E-state index is 13.4. The first kappa shape index (κ1) is 42.6. The fourth-order valence-electron chi connectivity index (χ4n) is 5.79. The lowest BCUT2D eigenvalue weighted by Crippen LogP contribution is -2.47. The third kappa shape index (κ3) is 16.8. The van der Waals surface area contributed by atoms with Crippen molar-refractivity contribution in [2.75, 3.05) is 0 Å². The number of aliphatic carboxylic acids is 3. The van der Waals surface area contributed by atoms with Gasteiger partial charge >= 0.3 is 17.9 Å². The molecule has 0 saturated heterocycles. The zero-order valence-corrected chi connectivity index (χ0v) is 29.7. The molecule has 0 bridgehead atoms. The SMILES string of the molecule is CC=C(CCCCCCC)CCCCCC/C=C/[C@H](C(=O)N[C@@H](Cc1ccc(Oc2cccc(C(F)F)c2)cc1)C(=O)O)[C@@H](CC(=O)O)C(=O)O. The number of allylic oxidation sites excluding steroid dienone is 3. The number of hydrogen-bond acceptors (Lipinski definition) is 5. The van der Waals surface area contributed by atoms with Gasteiger partial charge in [0.2, 0.25) is 5.91 Å². The minimum Gasteiger partial charge on any atom is -0.481 e. The molecule has 0 aliphatic heterocycles. The fourth-order valence-corrected chi connectivity index (χ4v) is 5.79. The van der Waals surface area contributed by atoms with Gasteiger partial charge in [0.05, 0.1) is 18.3 Å². The zero-order valence-electron chi connectivity index (χ0n) is 29.7. The normalized spacial score (nSPS) is 13.5. The number of alkyl halides is 2. The Kier molecular flexibility index (Phi) is 19.9. The van der Waals surface area contributed by atoms with Gasteiger partial charge in [0.1, 0.15) is 17.5 Å².